The van der Waals surface area contributed by atoms with E-state index in [4.69, 9.17) is 0 Å². The quantitative estimate of drug-likeness (QED) is 0.820. The number of amides is 1. The number of fused-ring (bicyclic) bond motifs is 1. The predicted molar refractivity (Wildman–Crippen MR) is 57.6 cm³/mol. The minimum Gasteiger partial charge on any atom is -0.346 e. The number of rotatable bonds is 3. The van der Waals surface area contributed by atoms with Crippen LogP contribution in [0.2, 0.25) is 0 Å². The summed E-state index contributed by atoms with van der Waals surface area (Å²) in [5, 5.41) is 11.3. The van der Waals surface area contributed by atoms with E-state index in [1.807, 2.05) is 6.92 Å². The number of nitrogens with one attached hydrogen (secondary N) is 1. The van der Waals surface area contributed by atoms with E-state index in [2.05, 4.69) is 20.1 Å². The van der Waals surface area contributed by atoms with Crippen molar-refractivity contribution < 1.29 is 4.79 Å². The summed E-state index contributed by atoms with van der Waals surface area (Å²) in [5.74, 6) is 2.38. The Balaban J connectivity index is 1.73. The molecule has 1 aromatic heterocycles. The minimum absolute atomic E-state index is 0.0209. The lowest BCUT2D eigenvalue weighted by Crippen LogP contribution is -2.29. The Bertz CT molecular complexity index is 422. The largest absolute Gasteiger partial charge is 0.346 e. The zero-order valence-electron chi connectivity index (χ0n) is 9.44. The molecule has 2 aliphatic rings. The monoisotopic (exact) mass is 220 g/mol. The number of nitrogens with zero attached hydrogens (tertiary/aromatic N) is 3. The molecular formula is C11H16N4O. The molecule has 1 aliphatic heterocycles. The number of hydrogen-bond acceptors (Lipinski definition) is 3. The van der Waals surface area contributed by atoms with Gasteiger partial charge in [0.05, 0.1) is 6.04 Å². The van der Waals surface area contributed by atoms with Gasteiger partial charge in [-0.3, -0.25) is 4.79 Å². The van der Waals surface area contributed by atoms with E-state index in [1.165, 1.54) is 0 Å². The van der Waals surface area contributed by atoms with Crippen LogP contribution in [0.3, 0.4) is 0 Å². The Hall–Kier alpha value is -1.39. The molecule has 1 aromatic rings. The van der Waals surface area contributed by atoms with Gasteiger partial charge in [-0.25, -0.2) is 0 Å². The first-order valence-corrected chi connectivity index (χ1v) is 5.98. The van der Waals surface area contributed by atoms with E-state index >= 15 is 0 Å². The molecule has 1 N–H and O–H groups in total. The first kappa shape index (κ1) is 9.81. The third kappa shape index (κ3) is 1.60. The van der Waals surface area contributed by atoms with E-state index in [0.717, 1.165) is 43.9 Å². The van der Waals surface area contributed by atoms with Gasteiger partial charge in [0.2, 0.25) is 5.91 Å². The van der Waals surface area contributed by atoms with Crippen molar-refractivity contribution in [3.63, 3.8) is 0 Å². The molecule has 1 aliphatic carbocycles. The van der Waals surface area contributed by atoms with Gasteiger partial charge in [-0.15, -0.1) is 10.2 Å². The first-order valence-electron chi connectivity index (χ1n) is 5.98. The molecule has 1 unspecified atom stereocenters. The maximum absolute atomic E-state index is 11.6. The lowest BCUT2D eigenvalue weighted by molar-refractivity contribution is -0.123. The van der Waals surface area contributed by atoms with Crippen LogP contribution in [0.15, 0.2) is 0 Å². The summed E-state index contributed by atoms with van der Waals surface area (Å²) in [5.41, 5.74) is 0. The third-order valence-corrected chi connectivity index (χ3v) is 3.33. The van der Waals surface area contributed by atoms with E-state index in [-0.39, 0.29) is 17.9 Å². The standard InChI is InChI=1S/C11H16N4O/c1-7(12-11(16)8-4-5-8)10-14-13-9-3-2-6-15(9)10/h7-8H,2-6H2,1H3,(H,12,16). The number of carbonyl (C=O) groups is 1. The van der Waals surface area contributed by atoms with Crippen LogP contribution in [0, 0.1) is 5.92 Å². The molecule has 1 saturated carbocycles. The van der Waals surface area contributed by atoms with Crippen LogP contribution < -0.4 is 5.32 Å². The van der Waals surface area contributed by atoms with Crippen LogP contribution in [0.1, 0.15) is 43.9 Å². The fourth-order valence-electron chi connectivity index (χ4n) is 2.23. The van der Waals surface area contributed by atoms with Crippen LogP contribution in [0.5, 0.6) is 0 Å². The third-order valence-electron chi connectivity index (χ3n) is 3.33. The Morgan fingerprint density at radius 3 is 3.06 bits per heavy atom. The van der Waals surface area contributed by atoms with Gasteiger partial charge in [0.25, 0.3) is 0 Å². The van der Waals surface area contributed by atoms with Gasteiger partial charge in [0.15, 0.2) is 5.82 Å². The Labute approximate surface area is 94.2 Å². The molecular weight excluding hydrogens is 204 g/mol. The second-order valence-corrected chi connectivity index (χ2v) is 4.73. The molecule has 1 fully saturated rings. The van der Waals surface area contributed by atoms with Crippen molar-refractivity contribution in [2.45, 2.75) is 45.2 Å². The first-order chi connectivity index (χ1) is 7.75. The Kier molecular flexibility index (Phi) is 2.19. The highest BCUT2D eigenvalue weighted by Gasteiger charge is 2.31. The second-order valence-electron chi connectivity index (χ2n) is 4.73. The van der Waals surface area contributed by atoms with Crippen molar-refractivity contribution in [1.82, 2.24) is 20.1 Å². The van der Waals surface area contributed by atoms with Crippen LogP contribution in [0.25, 0.3) is 0 Å². The summed E-state index contributed by atoms with van der Waals surface area (Å²) in [6, 6.07) is -0.0209. The van der Waals surface area contributed by atoms with E-state index in [1.54, 1.807) is 0 Å². The van der Waals surface area contributed by atoms with Crippen molar-refractivity contribution in [3.8, 4) is 0 Å². The van der Waals surface area contributed by atoms with Gasteiger partial charge >= 0.3 is 0 Å². The molecule has 0 bridgehead atoms. The van der Waals surface area contributed by atoms with Crippen molar-refractivity contribution in [2.75, 3.05) is 0 Å². The smallest absolute Gasteiger partial charge is 0.223 e. The van der Waals surface area contributed by atoms with Gasteiger partial charge in [-0.1, -0.05) is 0 Å². The molecule has 2 heterocycles. The number of carbonyl (C=O) groups excluding carboxylic acids is 1. The van der Waals surface area contributed by atoms with Crippen molar-refractivity contribution in [1.29, 1.82) is 0 Å². The molecule has 0 spiro atoms. The summed E-state index contributed by atoms with van der Waals surface area (Å²) >= 11 is 0. The van der Waals surface area contributed by atoms with Crippen molar-refractivity contribution in [2.24, 2.45) is 5.92 Å². The molecule has 3 rings (SSSR count). The Morgan fingerprint density at radius 2 is 2.31 bits per heavy atom. The molecule has 86 valence electrons. The molecule has 1 atom stereocenters. The summed E-state index contributed by atoms with van der Waals surface area (Å²) in [4.78, 5) is 11.6. The van der Waals surface area contributed by atoms with Gasteiger partial charge in [0.1, 0.15) is 5.82 Å². The lowest BCUT2D eigenvalue weighted by Gasteiger charge is -2.13. The average Bonchev–Trinajstić information content (AvgIpc) is 2.86. The minimum atomic E-state index is -0.0209. The van der Waals surface area contributed by atoms with Crippen LogP contribution in [-0.2, 0) is 17.8 Å². The molecule has 16 heavy (non-hydrogen) atoms. The summed E-state index contributed by atoms with van der Waals surface area (Å²) in [6.45, 7) is 2.97. The zero-order chi connectivity index (χ0) is 11.1. The zero-order valence-corrected chi connectivity index (χ0v) is 9.44. The molecule has 1 amide bonds. The van der Waals surface area contributed by atoms with E-state index in [9.17, 15) is 4.79 Å². The normalized spacial score (nSPS) is 20.6. The van der Waals surface area contributed by atoms with Gasteiger partial charge in [0, 0.05) is 18.9 Å². The molecule has 5 heteroatoms. The summed E-state index contributed by atoms with van der Waals surface area (Å²) in [7, 11) is 0. The lowest BCUT2D eigenvalue weighted by atomic mass is 10.3. The van der Waals surface area contributed by atoms with E-state index in [0.29, 0.717) is 0 Å². The topological polar surface area (TPSA) is 59.8 Å². The highest BCUT2D eigenvalue weighted by Crippen LogP contribution is 2.29. The highest BCUT2D eigenvalue weighted by atomic mass is 16.2. The molecule has 0 radical (unpaired) electrons. The number of hydrogen-bond donors (Lipinski definition) is 1. The predicted octanol–water partition coefficient (Wildman–Crippen LogP) is 0.811. The Morgan fingerprint density at radius 1 is 1.50 bits per heavy atom. The van der Waals surface area contributed by atoms with Crippen LogP contribution >= 0.6 is 0 Å². The fraction of sp³-hybridized carbons (Fsp3) is 0.727. The second kappa shape index (κ2) is 3.57. The SMILES string of the molecule is CC(NC(=O)C1CC1)c1nnc2n1CCC2. The van der Waals surface area contributed by atoms with E-state index < -0.39 is 0 Å². The average molecular weight is 220 g/mol. The maximum atomic E-state index is 11.6. The van der Waals surface area contributed by atoms with Gasteiger partial charge in [-0.2, -0.15) is 0 Å². The van der Waals surface area contributed by atoms with Gasteiger partial charge in [-0.05, 0) is 26.2 Å². The fourth-order valence-corrected chi connectivity index (χ4v) is 2.23. The van der Waals surface area contributed by atoms with Gasteiger partial charge < -0.3 is 9.88 Å². The number of aromatic nitrogens is 3. The maximum Gasteiger partial charge on any atom is 0.223 e. The number of aryl methyl sites for hydroxylation is 1. The summed E-state index contributed by atoms with van der Waals surface area (Å²) < 4.78 is 2.14. The van der Waals surface area contributed by atoms with Crippen LogP contribution in [-0.4, -0.2) is 20.7 Å². The van der Waals surface area contributed by atoms with Crippen molar-refractivity contribution >= 4 is 5.91 Å². The van der Waals surface area contributed by atoms with Crippen LogP contribution in [0.4, 0.5) is 0 Å². The van der Waals surface area contributed by atoms with Crippen molar-refractivity contribution in [3.05, 3.63) is 11.6 Å². The molecule has 0 saturated heterocycles. The highest BCUT2D eigenvalue weighted by molar-refractivity contribution is 5.81. The summed E-state index contributed by atoms with van der Waals surface area (Å²) in [6.07, 6.45) is 4.23. The molecule has 0 aromatic carbocycles. The molecule has 5 nitrogen and oxygen atoms in total.